The number of phenols is 1. The summed E-state index contributed by atoms with van der Waals surface area (Å²) in [5.41, 5.74) is 0.499. The standard InChI is InChI=1S/C20H31N3O4/c1-21-6-3-7-22(9-8-21)11-16-12-23(13-17(16)14-24)20(26)15-4-5-18(25)19(10-15)27-2/h4-5,10,16-17,24-25H,3,6-9,11-14H2,1-2H3/t16-,17-/m1/s1. The minimum absolute atomic E-state index is 0.0210. The Labute approximate surface area is 161 Å². The van der Waals surface area contributed by atoms with Crippen molar-refractivity contribution < 1.29 is 19.7 Å². The molecule has 0 saturated carbocycles. The van der Waals surface area contributed by atoms with Crippen molar-refractivity contribution in [3.8, 4) is 11.5 Å². The first-order chi connectivity index (χ1) is 13.0. The number of rotatable bonds is 5. The highest BCUT2D eigenvalue weighted by molar-refractivity contribution is 5.95. The summed E-state index contributed by atoms with van der Waals surface area (Å²) < 4.78 is 5.11. The molecular formula is C20H31N3O4. The highest BCUT2D eigenvalue weighted by Crippen LogP contribution is 2.30. The third-order valence-corrected chi connectivity index (χ3v) is 5.83. The van der Waals surface area contributed by atoms with Crippen LogP contribution in [0.5, 0.6) is 11.5 Å². The van der Waals surface area contributed by atoms with E-state index in [-0.39, 0.29) is 30.1 Å². The summed E-state index contributed by atoms with van der Waals surface area (Å²) in [5, 5.41) is 19.6. The van der Waals surface area contributed by atoms with Crippen molar-refractivity contribution in [3.63, 3.8) is 0 Å². The summed E-state index contributed by atoms with van der Waals surface area (Å²) in [4.78, 5) is 19.6. The van der Waals surface area contributed by atoms with Crippen LogP contribution in [0.15, 0.2) is 18.2 Å². The van der Waals surface area contributed by atoms with Gasteiger partial charge >= 0.3 is 0 Å². The molecule has 2 N–H and O–H groups in total. The zero-order valence-electron chi connectivity index (χ0n) is 16.3. The quantitative estimate of drug-likeness (QED) is 0.788. The van der Waals surface area contributed by atoms with E-state index in [1.165, 1.54) is 13.2 Å². The number of aliphatic hydroxyl groups is 1. The van der Waals surface area contributed by atoms with Gasteiger partial charge in [0.1, 0.15) is 0 Å². The van der Waals surface area contributed by atoms with E-state index in [4.69, 9.17) is 4.74 Å². The number of aromatic hydroxyl groups is 1. The second kappa shape index (κ2) is 8.91. The smallest absolute Gasteiger partial charge is 0.254 e. The van der Waals surface area contributed by atoms with E-state index >= 15 is 0 Å². The molecule has 0 aliphatic carbocycles. The number of benzene rings is 1. The maximum atomic E-state index is 12.9. The van der Waals surface area contributed by atoms with Gasteiger partial charge in [0.05, 0.1) is 7.11 Å². The molecular weight excluding hydrogens is 346 g/mol. The zero-order chi connectivity index (χ0) is 19.4. The van der Waals surface area contributed by atoms with Crippen LogP contribution >= 0.6 is 0 Å². The number of hydrogen-bond acceptors (Lipinski definition) is 6. The third kappa shape index (κ3) is 4.72. The number of carbonyl (C=O) groups excluding carboxylic acids is 1. The zero-order valence-corrected chi connectivity index (χ0v) is 16.3. The molecule has 1 amide bonds. The summed E-state index contributed by atoms with van der Waals surface area (Å²) in [6.07, 6.45) is 1.16. The Morgan fingerprint density at radius 2 is 1.96 bits per heavy atom. The van der Waals surface area contributed by atoms with E-state index in [1.807, 2.05) is 4.90 Å². The molecule has 2 saturated heterocycles. The highest BCUT2D eigenvalue weighted by Gasteiger charge is 2.36. The number of likely N-dealkylation sites (N-methyl/N-ethyl adjacent to an activating group) is 1. The molecule has 0 radical (unpaired) electrons. The lowest BCUT2D eigenvalue weighted by atomic mass is 9.96. The Balaban J connectivity index is 1.65. The molecule has 0 spiro atoms. The van der Waals surface area contributed by atoms with Gasteiger partial charge in [-0.15, -0.1) is 0 Å². The summed E-state index contributed by atoms with van der Waals surface area (Å²) in [6.45, 7) is 6.53. The predicted molar refractivity (Wildman–Crippen MR) is 103 cm³/mol. The molecule has 1 aromatic rings. The second-order valence-electron chi connectivity index (χ2n) is 7.76. The maximum absolute atomic E-state index is 12.9. The minimum atomic E-state index is -0.0788. The molecule has 2 fully saturated rings. The number of methoxy groups -OCH3 is 1. The minimum Gasteiger partial charge on any atom is -0.504 e. The number of nitrogens with zero attached hydrogens (tertiary/aromatic N) is 3. The number of aliphatic hydroxyl groups excluding tert-OH is 1. The van der Waals surface area contributed by atoms with Crippen LogP contribution in [0.25, 0.3) is 0 Å². The van der Waals surface area contributed by atoms with Gasteiger partial charge in [-0.05, 0) is 50.7 Å². The highest BCUT2D eigenvalue weighted by atomic mass is 16.5. The van der Waals surface area contributed by atoms with Crippen molar-refractivity contribution in [1.82, 2.24) is 14.7 Å². The van der Waals surface area contributed by atoms with Crippen LogP contribution in [-0.2, 0) is 0 Å². The summed E-state index contributed by atoms with van der Waals surface area (Å²) in [5.74, 6) is 0.622. The van der Waals surface area contributed by atoms with E-state index in [9.17, 15) is 15.0 Å². The predicted octanol–water partition coefficient (Wildman–Crippen LogP) is 0.719. The summed E-state index contributed by atoms with van der Waals surface area (Å²) in [6, 6.07) is 4.67. The number of phenolic OH excluding ortho intramolecular Hbond substituents is 1. The molecule has 27 heavy (non-hydrogen) atoms. The fourth-order valence-electron chi connectivity index (χ4n) is 4.13. The average molecular weight is 377 g/mol. The van der Waals surface area contributed by atoms with Crippen LogP contribution in [0, 0.1) is 11.8 Å². The summed E-state index contributed by atoms with van der Waals surface area (Å²) in [7, 11) is 3.62. The Bertz CT molecular complexity index is 654. The van der Waals surface area contributed by atoms with Gasteiger partial charge in [-0.25, -0.2) is 0 Å². The molecule has 2 heterocycles. The molecule has 7 nitrogen and oxygen atoms in total. The van der Waals surface area contributed by atoms with Gasteiger partial charge < -0.3 is 29.6 Å². The average Bonchev–Trinajstić information content (AvgIpc) is 2.97. The Hall–Kier alpha value is -1.83. The van der Waals surface area contributed by atoms with E-state index in [1.54, 1.807) is 12.1 Å². The SMILES string of the molecule is COc1cc(C(=O)N2C[C@@H](CN3CCCN(C)CC3)[C@@H](CO)C2)ccc1O. The lowest BCUT2D eigenvalue weighted by Gasteiger charge is -2.26. The van der Waals surface area contributed by atoms with Gasteiger partial charge in [0.2, 0.25) is 0 Å². The van der Waals surface area contributed by atoms with Crippen LogP contribution in [-0.4, -0.2) is 97.4 Å². The number of hydrogen-bond donors (Lipinski definition) is 2. The largest absolute Gasteiger partial charge is 0.504 e. The lowest BCUT2D eigenvalue weighted by molar-refractivity contribution is 0.0778. The van der Waals surface area contributed by atoms with Crippen molar-refractivity contribution in [2.45, 2.75) is 6.42 Å². The van der Waals surface area contributed by atoms with Gasteiger partial charge in [0.15, 0.2) is 11.5 Å². The van der Waals surface area contributed by atoms with Crippen molar-refractivity contribution in [2.24, 2.45) is 11.8 Å². The van der Waals surface area contributed by atoms with Crippen molar-refractivity contribution in [3.05, 3.63) is 23.8 Å². The van der Waals surface area contributed by atoms with Gasteiger partial charge in [-0.3, -0.25) is 4.79 Å². The molecule has 2 aliphatic rings. The molecule has 1 aromatic carbocycles. The van der Waals surface area contributed by atoms with E-state index in [2.05, 4.69) is 16.8 Å². The lowest BCUT2D eigenvalue weighted by Crippen LogP contribution is -2.36. The molecule has 2 aliphatic heterocycles. The Morgan fingerprint density at radius 1 is 1.19 bits per heavy atom. The van der Waals surface area contributed by atoms with Crippen LogP contribution in [0.3, 0.4) is 0 Å². The van der Waals surface area contributed by atoms with E-state index in [0.29, 0.717) is 24.4 Å². The monoisotopic (exact) mass is 377 g/mol. The Kier molecular flexibility index (Phi) is 6.57. The van der Waals surface area contributed by atoms with Gasteiger partial charge in [0, 0.05) is 50.8 Å². The van der Waals surface area contributed by atoms with Crippen LogP contribution < -0.4 is 4.74 Å². The van der Waals surface area contributed by atoms with Gasteiger partial charge in [-0.1, -0.05) is 0 Å². The van der Waals surface area contributed by atoms with Gasteiger partial charge in [0.25, 0.3) is 5.91 Å². The summed E-state index contributed by atoms with van der Waals surface area (Å²) >= 11 is 0. The van der Waals surface area contributed by atoms with Crippen molar-refractivity contribution >= 4 is 5.91 Å². The second-order valence-corrected chi connectivity index (χ2v) is 7.76. The fourth-order valence-corrected chi connectivity index (χ4v) is 4.13. The van der Waals surface area contributed by atoms with Crippen LogP contribution in [0.2, 0.25) is 0 Å². The number of ether oxygens (including phenoxy) is 1. The molecule has 3 rings (SSSR count). The van der Waals surface area contributed by atoms with Crippen LogP contribution in [0.1, 0.15) is 16.8 Å². The van der Waals surface area contributed by atoms with Crippen molar-refractivity contribution in [1.29, 1.82) is 0 Å². The third-order valence-electron chi connectivity index (χ3n) is 5.83. The molecule has 7 heteroatoms. The molecule has 0 aromatic heterocycles. The Morgan fingerprint density at radius 3 is 2.70 bits per heavy atom. The first-order valence-corrected chi connectivity index (χ1v) is 9.70. The first kappa shape index (κ1) is 19.9. The maximum Gasteiger partial charge on any atom is 0.254 e. The molecule has 0 unspecified atom stereocenters. The van der Waals surface area contributed by atoms with E-state index < -0.39 is 0 Å². The van der Waals surface area contributed by atoms with Crippen LogP contribution in [0.4, 0.5) is 0 Å². The number of amides is 1. The fraction of sp³-hybridized carbons (Fsp3) is 0.650. The molecule has 0 bridgehead atoms. The normalized spacial score (nSPS) is 24.8. The first-order valence-electron chi connectivity index (χ1n) is 9.70. The number of carbonyl (C=O) groups is 1. The van der Waals surface area contributed by atoms with Gasteiger partial charge in [-0.2, -0.15) is 0 Å². The van der Waals surface area contributed by atoms with Crippen molar-refractivity contribution in [2.75, 3.05) is 66.6 Å². The molecule has 2 atom stereocenters. The topological polar surface area (TPSA) is 76.5 Å². The molecule has 150 valence electrons. The number of likely N-dealkylation sites (tertiary alicyclic amines) is 1. The van der Waals surface area contributed by atoms with E-state index in [0.717, 1.165) is 39.1 Å².